The number of hydrogen-bond donors (Lipinski definition) is 0. The van der Waals surface area contributed by atoms with Crippen molar-refractivity contribution in [2.24, 2.45) is 0 Å². The number of ketones is 1. The van der Waals surface area contributed by atoms with E-state index < -0.39 is 5.38 Å². The van der Waals surface area contributed by atoms with Crippen molar-refractivity contribution in [3.63, 3.8) is 0 Å². The van der Waals surface area contributed by atoms with Crippen molar-refractivity contribution in [2.75, 3.05) is 13.7 Å². The van der Waals surface area contributed by atoms with E-state index in [9.17, 15) is 9.18 Å². The summed E-state index contributed by atoms with van der Waals surface area (Å²) in [4.78, 5) is 11.5. The Kier molecular flexibility index (Phi) is 4.72. The Morgan fingerprint density at radius 1 is 1.47 bits per heavy atom. The van der Waals surface area contributed by atoms with Gasteiger partial charge in [0, 0.05) is 13.5 Å². The minimum absolute atomic E-state index is 0.120. The maximum Gasteiger partial charge on any atom is 0.157 e. The highest BCUT2D eigenvalue weighted by Gasteiger charge is 2.16. The zero-order valence-corrected chi connectivity index (χ0v) is 9.13. The smallest absolute Gasteiger partial charge is 0.157 e. The van der Waals surface area contributed by atoms with Gasteiger partial charge in [-0.25, -0.2) is 4.39 Å². The Morgan fingerprint density at radius 3 is 2.60 bits per heavy atom. The lowest BCUT2D eigenvalue weighted by Crippen LogP contribution is -2.09. The van der Waals surface area contributed by atoms with Crippen LogP contribution >= 0.6 is 11.6 Å². The molecule has 1 atom stereocenters. The summed E-state index contributed by atoms with van der Waals surface area (Å²) in [6, 6.07) is 5.60. The number of rotatable bonds is 5. The van der Waals surface area contributed by atoms with Crippen molar-refractivity contribution in [3.05, 3.63) is 35.6 Å². The second kappa shape index (κ2) is 5.83. The van der Waals surface area contributed by atoms with Gasteiger partial charge in [-0.1, -0.05) is 12.1 Å². The van der Waals surface area contributed by atoms with Crippen LogP contribution in [0.4, 0.5) is 4.39 Å². The van der Waals surface area contributed by atoms with Crippen LogP contribution in [0.2, 0.25) is 0 Å². The largest absolute Gasteiger partial charge is 0.384 e. The molecule has 4 heteroatoms. The minimum Gasteiger partial charge on any atom is -0.384 e. The highest BCUT2D eigenvalue weighted by molar-refractivity contribution is 6.31. The summed E-state index contributed by atoms with van der Waals surface area (Å²) in [5.41, 5.74) is 0.610. The number of hydrogen-bond acceptors (Lipinski definition) is 2. The van der Waals surface area contributed by atoms with Crippen molar-refractivity contribution in [1.82, 2.24) is 0 Å². The van der Waals surface area contributed by atoms with Crippen molar-refractivity contribution >= 4 is 17.4 Å². The lowest BCUT2D eigenvalue weighted by atomic mass is 10.1. The van der Waals surface area contributed by atoms with Crippen LogP contribution in [0.15, 0.2) is 24.3 Å². The maximum absolute atomic E-state index is 12.6. The Labute approximate surface area is 93.0 Å². The number of alkyl halides is 1. The molecule has 0 heterocycles. The summed E-state index contributed by atoms with van der Waals surface area (Å²) in [5.74, 6) is -0.461. The van der Waals surface area contributed by atoms with Gasteiger partial charge in [-0.05, 0) is 17.7 Å². The Morgan fingerprint density at radius 2 is 2.07 bits per heavy atom. The standard InChI is InChI=1S/C11H12ClFO2/c1-15-7-6-10(14)11(12)8-2-4-9(13)5-3-8/h2-5,11H,6-7H2,1H3. The third-order valence-electron chi connectivity index (χ3n) is 2.00. The summed E-state index contributed by atoms with van der Waals surface area (Å²) in [7, 11) is 1.52. The molecule has 0 N–H and O–H groups in total. The van der Waals surface area contributed by atoms with E-state index in [4.69, 9.17) is 16.3 Å². The topological polar surface area (TPSA) is 26.3 Å². The molecule has 0 radical (unpaired) electrons. The molecule has 1 aromatic rings. The van der Waals surface area contributed by atoms with Crippen LogP contribution < -0.4 is 0 Å². The molecule has 1 aromatic carbocycles. The molecule has 0 aliphatic carbocycles. The molecular weight excluding hydrogens is 219 g/mol. The zero-order valence-electron chi connectivity index (χ0n) is 8.37. The van der Waals surface area contributed by atoms with Crippen LogP contribution in [-0.2, 0) is 9.53 Å². The van der Waals surface area contributed by atoms with Gasteiger partial charge in [0.05, 0.1) is 6.61 Å². The van der Waals surface area contributed by atoms with E-state index in [1.807, 2.05) is 0 Å². The predicted octanol–water partition coefficient (Wildman–Crippen LogP) is 2.71. The lowest BCUT2D eigenvalue weighted by Gasteiger charge is -2.08. The number of benzene rings is 1. The molecule has 15 heavy (non-hydrogen) atoms. The Hall–Kier alpha value is -0.930. The highest BCUT2D eigenvalue weighted by atomic mass is 35.5. The van der Waals surface area contributed by atoms with Crippen molar-refractivity contribution in [3.8, 4) is 0 Å². The molecule has 0 saturated carbocycles. The van der Waals surface area contributed by atoms with Crippen molar-refractivity contribution in [2.45, 2.75) is 11.8 Å². The van der Waals surface area contributed by atoms with Gasteiger partial charge in [-0.3, -0.25) is 4.79 Å². The van der Waals surface area contributed by atoms with E-state index in [0.717, 1.165) is 0 Å². The van der Waals surface area contributed by atoms with Crippen LogP contribution in [0.5, 0.6) is 0 Å². The molecule has 1 rings (SSSR count). The number of methoxy groups -OCH3 is 1. The molecule has 0 fully saturated rings. The van der Waals surface area contributed by atoms with Gasteiger partial charge in [-0.15, -0.1) is 11.6 Å². The third kappa shape index (κ3) is 3.61. The third-order valence-corrected chi connectivity index (χ3v) is 2.49. The number of carbonyl (C=O) groups is 1. The summed E-state index contributed by atoms with van der Waals surface area (Å²) in [5, 5.41) is -0.722. The fourth-order valence-corrected chi connectivity index (χ4v) is 1.40. The van der Waals surface area contributed by atoms with Crippen LogP contribution in [0.1, 0.15) is 17.4 Å². The molecular formula is C11H12ClFO2. The fourth-order valence-electron chi connectivity index (χ4n) is 1.15. The molecule has 82 valence electrons. The van der Waals surface area contributed by atoms with E-state index in [1.54, 1.807) is 0 Å². The minimum atomic E-state index is -0.722. The first-order valence-electron chi connectivity index (χ1n) is 4.56. The first kappa shape index (κ1) is 12.1. The SMILES string of the molecule is COCCC(=O)C(Cl)c1ccc(F)cc1. The molecule has 0 saturated heterocycles. The number of halogens is 2. The van der Waals surface area contributed by atoms with E-state index >= 15 is 0 Å². The average Bonchev–Trinajstić information content (AvgIpc) is 2.26. The Balaban J connectivity index is 2.63. The molecule has 0 bridgehead atoms. The van der Waals surface area contributed by atoms with Gasteiger partial charge < -0.3 is 4.74 Å². The van der Waals surface area contributed by atoms with Crippen LogP contribution in [0.3, 0.4) is 0 Å². The quantitative estimate of drug-likeness (QED) is 0.727. The lowest BCUT2D eigenvalue weighted by molar-refractivity contribution is -0.119. The van der Waals surface area contributed by atoms with Gasteiger partial charge in [0.25, 0.3) is 0 Å². The summed E-state index contributed by atoms with van der Waals surface area (Å²) < 4.78 is 17.4. The second-order valence-electron chi connectivity index (χ2n) is 3.12. The number of Topliss-reactive ketones (excluding diaryl/α,β-unsaturated/α-hetero) is 1. The Bertz CT molecular complexity index is 324. The first-order chi connectivity index (χ1) is 7.15. The number of ether oxygens (including phenoxy) is 1. The van der Waals surface area contributed by atoms with Crippen molar-refractivity contribution in [1.29, 1.82) is 0 Å². The first-order valence-corrected chi connectivity index (χ1v) is 5.00. The normalized spacial score (nSPS) is 12.5. The highest BCUT2D eigenvalue weighted by Crippen LogP contribution is 2.22. The molecule has 1 unspecified atom stereocenters. The van der Waals surface area contributed by atoms with Crippen LogP contribution in [0, 0.1) is 5.82 Å². The second-order valence-corrected chi connectivity index (χ2v) is 3.56. The van der Waals surface area contributed by atoms with Crippen molar-refractivity contribution < 1.29 is 13.9 Å². The van der Waals surface area contributed by atoms with E-state index in [0.29, 0.717) is 12.2 Å². The monoisotopic (exact) mass is 230 g/mol. The van der Waals surface area contributed by atoms with Gasteiger partial charge in [0.1, 0.15) is 11.2 Å². The molecule has 0 spiro atoms. The maximum atomic E-state index is 12.6. The van der Waals surface area contributed by atoms with Gasteiger partial charge in [0.15, 0.2) is 5.78 Å². The van der Waals surface area contributed by atoms with E-state index in [1.165, 1.54) is 31.4 Å². The van der Waals surface area contributed by atoms with Gasteiger partial charge in [-0.2, -0.15) is 0 Å². The summed E-state index contributed by atoms with van der Waals surface area (Å²) in [6.07, 6.45) is 0.266. The van der Waals surface area contributed by atoms with Gasteiger partial charge in [0.2, 0.25) is 0 Å². The zero-order chi connectivity index (χ0) is 11.3. The van der Waals surface area contributed by atoms with E-state index in [-0.39, 0.29) is 18.0 Å². The molecule has 0 aliphatic heterocycles. The predicted molar refractivity (Wildman–Crippen MR) is 56.5 cm³/mol. The number of carbonyl (C=O) groups excluding carboxylic acids is 1. The summed E-state index contributed by atoms with van der Waals surface area (Å²) in [6.45, 7) is 0.350. The molecule has 2 nitrogen and oxygen atoms in total. The molecule has 0 aromatic heterocycles. The van der Waals surface area contributed by atoms with E-state index in [2.05, 4.69) is 0 Å². The molecule has 0 aliphatic rings. The molecule has 0 amide bonds. The average molecular weight is 231 g/mol. The van der Waals surface area contributed by atoms with Crippen LogP contribution in [-0.4, -0.2) is 19.5 Å². The van der Waals surface area contributed by atoms with Gasteiger partial charge >= 0.3 is 0 Å². The van der Waals surface area contributed by atoms with Crippen LogP contribution in [0.25, 0.3) is 0 Å². The summed E-state index contributed by atoms with van der Waals surface area (Å²) >= 11 is 5.92. The fraction of sp³-hybridized carbons (Fsp3) is 0.364.